The van der Waals surface area contributed by atoms with Crippen LogP contribution in [0.1, 0.15) is 43.5 Å². The number of esters is 1. The van der Waals surface area contributed by atoms with Gasteiger partial charge in [0.25, 0.3) is 0 Å². The first kappa shape index (κ1) is 10.2. The zero-order valence-corrected chi connectivity index (χ0v) is 8.86. The minimum atomic E-state index is -0.213. The molecule has 0 bridgehead atoms. The summed E-state index contributed by atoms with van der Waals surface area (Å²) in [6.45, 7) is 1.91. The Morgan fingerprint density at radius 1 is 1.53 bits per heavy atom. The van der Waals surface area contributed by atoms with Crippen molar-refractivity contribution in [2.45, 2.75) is 32.0 Å². The molecule has 82 valence electrons. The normalized spacial score (nSPS) is 22.8. The van der Waals surface area contributed by atoms with Crippen LogP contribution in [-0.2, 0) is 14.3 Å². The Kier molecular flexibility index (Phi) is 2.77. The van der Waals surface area contributed by atoms with Crippen LogP contribution in [0.3, 0.4) is 0 Å². The van der Waals surface area contributed by atoms with Crippen molar-refractivity contribution in [1.82, 2.24) is 0 Å². The number of ether oxygens (including phenoxy) is 2. The van der Waals surface area contributed by atoms with Crippen molar-refractivity contribution >= 4 is 5.97 Å². The van der Waals surface area contributed by atoms with Crippen molar-refractivity contribution in [3.8, 4) is 0 Å². The molecule has 0 radical (unpaired) electrons. The van der Waals surface area contributed by atoms with Crippen molar-refractivity contribution in [2.75, 3.05) is 7.11 Å². The monoisotopic (exact) mass is 210 g/mol. The topological polar surface area (TPSA) is 48.7 Å². The lowest BCUT2D eigenvalue weighted by atomic mass is 10.2. The van der Waals surface area contributed by atoms with Crippen molar-refractivity contribution in [1.29, 1.82) is 0 Å². The first-order valence-electron chi connectivity index (χ1n) is 5.02. The largest absolute Gasteiger partial charge is 0.459 e. The minimum Gasteiger partial charge on any atom is -0.459 e. The number of cyclic esters (lactones) is 1. The Balaban J connectivity index is 2.10. The van der Waals surface area contributed by atoms with Gasteiger partial charge in [0.2, 0.25) is 0 Å². The van der Waals surface area contributed by atoms with Crippen LogP contribution in [0.4, 0.5) is 0 Å². The van der Waals surface area contributed by atoms with E-state index in [9.17, 15) is 4.79 Å². The number of hydrogen-bond donors (Lipinski definition) is 0. The summed E-state index contributed by atoms with van der Waals surface area (Å²) < 4.78 is 15.8. The van der Waals surface area contributed by atoms with E-state index in [1.165, 1.54) is 0 Å². The Bertz CT molecular complexity index is 355. The van der Waals surface area contributed by atoms with Crippen molar-refractivity contribution in [3.63, 3.8) is 0 Å². The minimum absolute atomic E-state index is 0.0733. The molecule has 1 aromatic heterocycles. The zero-order chi connectivity index (χ0) is 10.8. The molecule has 4 nitrogen and oxygen atoms in total. The molecule has 0 aliphatic carbocycles. The van der Waals surface area contributed by atoms with Crippen molar-refractivity contribution < 1.29 is 18.7 Å². The molecule has 0 saturated carbocycles. The number of methoxy groups -OCH3 is 1. The molecule has 1 aromatic rings. The molecule has 1 saturated heterocycles. The summed E-state index contributed by atoms with van der Waals surface area (Å²) in [4.78, 5) is 10.9. The fourth-order valence-electron chi connectivity index (χ4n) is 1.60. The maximum Gasteiger partial charge on any atom is 0.306 e. The lowest BCUT2D eigenvalue weighted by molar-refractivity contribution is -0.142. The fourth-order valence-corrected chi connectivity index (χ4v) is 1.60. The molecule has 4 heteroatoms. The molecule has 0 aromatic carbocycles. The molecule has 15 heavy (non-hydrogen) atoms. The first-order chi connectivity index (χ1) is 7.20. The third kappa shape index (κ3) is 2.04. The van der Waals surface area contributed by atoms with Crippen LogP contribution < -0.4 is 0 Å². The van der Waals surface area contributed by atoms with Crippen molar-refractivity contribution in [2.24, 2.45) is 0 Å². The van der Waals surface area contributed by atoms with Gasteiger partial charge in [-0.2, -0.15) is 0 Å². The molecular weight excluding hydrogens is 196 g/mol. The third-order valence-electron chi connectivity index (χ3n) is 2.60. The Morgan fingerprint density at radius 2 is 2.33 bits per heavy atom. The van der Waals surface area contributed by atoms with E-state index < -0.39 is 0 Å². The van der Waals surface area contributed by atoms with Crippen LogP contribution in [0.15, 0.2) is 16.5 Å². The fraction of sp³-hybridized carbons (Fsp3) is 0.545. The van der Waals surface area contributed by atoms with E-state index in [0.29, 0.717) is 18.6 Å². The predicted molar refractivity (Wildman–Crippen MR) is 52.2 cm³/mol. The van der Waals surface area contributed by atoms with Gasteiger partial charge in [-0.1, -0.05) is 0 Å². The molecule has 0 spiro atoms. The van der Waals surface area contributed by atoms with E-state index in [4.69, 9.17) is 13.9 Å². The van der Waals surface area contributed by atoms with Gasteiger partial charge in [0, 0.05) is 20.0 Å². The highest BCUT2D eigenvalue weighted by molar-refractivity contribution is 5.71. The first-order valence-corrected chi connectivity index (χ1v) is 5.02. The van der Waals surface area contributed by atoms with Gasteiger partial charge in [-0.15, -0.1) is 0 Å². The average Bonchev–Trinajstić information content (AvgIpc) is 2.84. The molecule has 0 N–H and O–H groups in total. The summed E-state index contributed by atoms with van der Waals surface area (Å²) in [7, 11) is 1.63. The second-order valence-corrected chi connectivity index (χ2v) is 3.64. The summed E-state index contributed by atoms with van der Waals surface area (Å²) in [5.41, 5.74) is 0. The average molecular weight is 210 g/mol. The highest BCUT2D eigenvalue weighted by Gasteiger charge is 2.27. The highest BCUT2D eigenvalue weighted by atomic mass is 16.6. The van der Waals surface area contributed by atoms with Gasteiger partial charge in [0.15, 0.2) is 6.10 Å². The van der Waals surface area contributed by atoms with Gasteiger partial charge >= 0.3 is 5.97 Å². The molecule has 2 rings (SSSR count). The van der Waals surface area contributed by atoms with Gasteiger partial charge in [0.1, 0.15) is 17.6 Å². The summed E-state index contributed by atoms with van der Waals surface area (Å²) in [5.74, 6) is 1.31. The van der Waals surface area contributed by atoms with E-state index in [1.54, 1.807) is 7.11 Å². The van der Waals surface area contributed by atoms with Crippen LogP contribution in [-0.4, -0.2) is 13.1 Å². The number of carbonyl (C=O) groups is 1. The van der Waals surface area contributed by atoms with Gasteiger partial charge in [0.05, 0.1) is 0 Å². The SMILES string of the molecule is CO[C@H](C)c1ccc(C2CCC(=O)O2)o1. The molecule has 2 atom stereocenters. The van der Waals surface area contributed by atoms with Crippen molar-refractivity contribution in [3.05, 3.63) is 23.7 Å². The molecular formula is C11H14O4. The Hall–Kier alpha value is -1.29. The van der Waals surface area contributed by atoms with Crippen LogP contribution in [0, 0.1) is 0 Å². The number of hydrogen-bond acceptors (Lipinski definition) is 4. The third-order valence-corrected chi connectivity index (χ3v) is 2.60. The van der Waals surface area contributed by atoms with Crippen LogP contribution in [0.2, 0.25) is 0 Å². The van der Waals surface area contributed by atoms with Gasteiger partial charge in [-0.25, -0.2) is 0 Å². The summed E-state index contributed by atoms with van der Waals surface area (Å²) in [6.07, 6.45) is 0.888. The van der Waals surface area contributed by atoms with Crippen LogP contribution in [0.5, 0.6) is 0 Å². The maximum absolute atomic E-state index is 10.9. The van der Waals surface area contributed by atoms with Crippen LogP contribution >= 0.6 is 0 Å². The Labute approximate surface area is 88.2 Å². The van der Waals surface area contributed by atoms with E-state index in [0.717, 1.165) is 5.76 Å². The van der Waals surface area contributed by atoms with E-state index >= 15 is 0 Å². The maximum atomic E-state index is 10.9. The van der Waals surface area contributed by atoms with E-state index in [-0.39, 0.29) is 18.2 Å². The smallest absolute Gasteiger partial charge is 0.306 e. The molecule has 1 aliphatic rings. The van der Waals surface area contributed by atoms with E-state index in [1.807, 2.05) is 19.1 Å². The standard InChI is InChI=1S/C11H14O4/c1-7(13-2)8-3-4-9(14-8)10-5-6-11(12)15-10/h3-4,7,10H,5-6H2,1-2H3/t7-,10?/m1/s1. The quantitative estimate of drug-likeness (QED) is 0.718. The summed E-state index contributed by atoms with van der Waals surface area (Å²) in [5, 5.41) is 0. The highest BCUT2D eigenvalue weighted by Crippen LogP contribution is 2.32. The van der Waals surface area contributed by atoms with Crippen LogP contribution in [0.25, 0.3) is 0 Å². The number of carbonyl (C=O) groups excluding carboxylic acids is 1. The van der Waals surface area contributed by atoms with Gasteiger partial charge in [-0.05, 0) is 19.1 Å². The Morgan fingerprint density at radius 3 is 2.93 bits per heavy atom. The lowest BCUT2D eigenvalue weighted by Crippen LogP contribution is -1.97. The molecule has 1 fully saturated rings. The van der Waals surface area contributed by atoms with Gasteiger partial charge in [-0.3, -0.25) is 4.79 Å². The predicted octanol–water partition coefficient (Wildman–Crippen LogP) is 2.37. The lowest BCUT2D eigenvalue weighted by Gasteiger charge is -2.07. The second-order valence-electron chi connectivity index (χ2n) is 3.64. The van der Waals surface area contributed by atoms with E-state index in [2.05, 4.69) is 0 Å². The summed E-state index contributed by atoms with van der Waals surface area (Å²) >= 11 is 0. The molecule has 0 amide bonds. The zero-order valence-electron chi connectivity index (χ0n) is 8.86. The van der Waals surface area contributed by atoms with Gasteiger partial charge < -0.3 is 13.9 Å². The molecule has 1 unspecified atom stereocenters. The second kappa shape index (κ2) is 4.06. The number of furan rings is 1. The number of rotatable bonds is 3. The molecule has 1 aliphatic heterocycles. The molecule has 2 heterocycles. The summed E-state index contributed by atoms with van der Waals surface area (Å²) in [6, 6.07) is 3.70.